The third-order valence-electron chi connectivity index (χ3n) is 0.741. The van der Waals surface area contributed by atoms with Crippen molar-refractivity contribution in [1.29, 1.82) is 0 Å². The number of carboxylic acid groups (broad SMARTS) is 2. The van der Waals surface area contributed by atoms with Gasteiger partial charge in [-0.1, -0.05) is 0 Å². The Kier molecular flexibility index (Phi) is 16.9. The van der Waals surface area contributed by atoms with Gasteiger partial charge in [-0.2, -0.15) is 6.92 Å². The van der Waals surface area contributed by atoms with E-state index in [1.54, 1.807) is 6.92 Å². The molecule has 4 nitrogen and oxygen atoms in total. The normalized spacial score (nSPS) is 7.27. The molecule has 0 unspecified atom stereocenters. The molecule has 0 aliphatic rings. The van der Waals surface area contributed by atoms with Crippen LogP contribution in [0, 0.1) is 12.8 Å². The molecule has 0 aromatic carbocycles. The van der Waals surface area contributed by atoms with Gasteiger partial charge in [0.2, 0.25) is 0 Å². The summed E-state index contributed by atoms with van der Waals surface area (Å²) in [6.07, 6.45) is 0. The SMILES string of the molecule is CC(C(=O)O)C(=O)O.[CH2-]C.[K+]. The van der Waals surface area contributed by atoms with E-state index in [0.29, 0.717) is 0 Å². The van der Waals surface area contributed by atoms with Gasteiger partial charge in [0.1, 0.15) is 0 Å². The molecule has 0 spiro atoms. The van der Waals surface area contributed by atoms with Gasteiger partial charge in [0.15, 0.2) is 5.92 Å². The summed E-state index contributed by atoms with van der Waals surface area (Å²) in [7, 11) is 0. The topological polar surface area (TPSA) is 74.6 Å². The summed E-state index contributed by atoms with van der Waals surface area (Å²) in [5.41, 5.74) is 0. The van der Waals surface area contributed by atoms with Gasteiger partial charge >= 0.3 is 63.3 Å². The molecule has 0 amide bonds. The molecule has 0 bridgehead atoms. The van der Waals surface area contributed by atoms with E-state index in [9.17, 15) is 9.59 Å². The van der Waals surface area contributed by atoms with Crippen molar-refractivity contribution in [2.24, 2.45) is 5.92 Å². The molecule has 0 aliphatic heterocycles. The first-order valence-corrected chi connectivity index (χ1v) is 2.72. The molecule has 0 aromatic rings. The molecule has 0 atom stereocenters. The van der Waals surface area contributed by atoms with Crippen LogP contribution < -0.4 is 51.4 Å². The molecule has 0 fully saturated rings. The maximum atomic E-state index is 9.76. The largest absolute Gasteiger partial charge is 1.00 e. The van der Waals surface area contributed by atoms with Gasteiger partial charge < -0.3 is 17.1 Å². The molecule has 60 valence electrons. The average Bonchev–Trinajstić information content (AvgIpc) is 1.90. The van der Waals surface area contributed by atoms with Crippen molar-refractivity contribution in [1.82, 2.24) is 0 Å². The van der Waals surface area contributed by atoms with Crippen molar-refractivity contribution in [2.45, 2.75) is 13.8 Å². The summed E-state index contributed by atoms with van der Waals surface area (Å²) in [5, 5.41) is 15.9. The summed E-state index contributed by atoms with van der Waals surface area (Å²) in [6.45, 7) is 6.12. The van der Waals surface area contributed by atoms with Crippen molar-refractivity contribution in [3.05, 3.63) is 6.92 Å². The number of aliphatic carboxylic acids is 2. The van der Waals surface area contributed by atoms with Crippen molar-refractivity contribution in [3.63, 3.8) is 0 Å². The van der Waals surface area contributed by atoms with Gasteiger partial charge in [0.25, 0.3) is 0 Å². The number of carbonyl (C=O) groups is 2. The Balaban J connectivity index is -0.000000196. The Morgan fingerprint density at radius 3 is 1.36 bits per heavy atom. The van der Waals surface area contributed by atoms with E-state index in [4.69, 9.17) is 10.2 Å². The first-order valence-electron chi connectivity index (χ1n) is 2.72. The zero-order valence-electron chi connectivity index (χ0n) is 7.00. The summed E-state index contributed by atoms with van der Waals surface area (Å²) in [5.74, 6) is -3.91. The summed E-state index contributed by atoms with van der Waals surface area (Å²) >= 11 is 0. The van der Waals surface area contributed by atoms with Crippen molar-refractivity contribution < 1.29 is 71.2 Å². The van der Waals surface area contributed by atoms with E-state index >= 15 is 0 Å². The van der Waals surface area contributed by atoms with E-state index in [2.05, 4.69) is 6.92 Å². The third-order valence-corrected chi connectivity index (χ3v) is 0.741. The van der Waals surface area contributed by atoms with E-state index in [1.807, 2.05) is 0 Å². The van der Waals surface area contributed by atoms with Crippen molar-refractivity contribution >= 4 is 11.9 Å². The van der Waals surface area contributed by atoms with Crippen LogP contribution in [0.25, 0.3) is 0 Å². The maximum Gasteiger partial charge on any atom is 1.00 e. The molecule has 11 heavy (non-hydrogen) atoms. The van der Waals surface area contributed by atoms with Gasteiger partial charge in [-0.25, -0.2) is 0 Å². The Labute approximate surface area is 108 Å². The van der Waals surface area contributed by atoms with E-state index in [-0.39, 0.29) is 51.4 Å². The summed E-state index contributed by atoms with van der Waals surface area (Å²) < 4.78 is 0. The number of carboxylic acids is 2. The standard InChI is InChI=1S/C4H6O4.C2H5.K/c1-2(3(5)6)4(7)8;1-2;/h2H,1H3,(H,5,6)(H,7,8);1H2,2H3;/q;-1;+1. The fourth-order valence-corrected chi connectivity index (χ4v) is 0.106. The number of hydrogen-bond donors (Lipinski definition) is 2. The fourth-order valence-electron chi connectivity index (χ4n) is 0.106. The Morgan fingerprint density at radius 2 is 1.36 bits per heavy atom. The van der Waals surface area contributed by atoms with Crippen LogP contribution in [0.2, 0.25) is 0 Å². The van der Waals surface area contributed by atoms with Crippen LogP contribution in [-0.4, -0.2) is 22.2 Å². The monoisotopic (exact) mass is 186 g/mol. The molecule has 0 aliphatic carbocycles. The second kappa shape index (κ2) is 10.6. The predicted octanol–water partition coefficient (Wildman–Crippen LogP) is -2.36. The van der Waals surface area contributed by atoms with Gasteiger partial charge in [0.05, 0.1) is 0 Å². The van der Waals surface area contributed by atoms with Crippen molar-refractivity contribution in [3.8, 4) is 0 Å². The van der Waals surface area contributed by atoms with Crippen molar-refractivity contribution in [2.75, 3.05) is 0 Å². The molecule has 0 saturated carbocycles. The van der Waals surface area contributed by atoms with E-state index < -0.39 is 17.9 Å². The van der Waals surface area contributed by atoms with Gasteiger partial charge in [-0.15, -0.1) is 0 Å². The maximum absolute atomic E-state index is 9.76. The summed E-state index contributed by atoms with van der Waals surface area (Å²) in [4.78, 5) is 19.5. The molecular formula is C6H11KO4. The zero-order valence-corrected chi connectivity index (χ0v) is 10.1. The Hall–Kier alpha value is 0.576. The predicted molar refractivity (Wildman–Crippen MR) is 35.5 cm³/mol. The first kappa shape index (κ1) is 17.6. The molecular weight excluding hydrogens is 175 g/mol. The minimum Gasteiger partial charge on any atom is -0.481 e. The molecule has 0 aromatic heterocycles. The quantitative estimate of drug-likeness (QED) is 0.287. The smallest absolute Gasteiger partial charge is 0.481 e. The minimum atomic E-state index is -1.31. The Morgan fingerprint density at radius 1 is 1.18 bits per heavy atom. The first-order chi connectivity index (χ1) is 4.55. The zero-order chi connectivity index (χ0) is 8.73. The van der Waals surface area contributed by atoms with Crippen LogP contribution in [0.4, 0.5) is 0 Å². The number of rotatable bonds is 2. The van der Waals surface area contributed by atoms with E-state index in [1.165, 1.54) is 0 Å². The molecule has 0 radical (unpaired) electrons. The summed E-state index contributed by atoms with van der Waals surface area (Å²) in [6, 6.07) is 0. The molecule has 0 saturated heterocycles. The van der Waals surface area contributed by atoms with Crippen LogP contribution in [-0.2, 0) is 9.59 Å². The van der Waals surface area contributed by atoms with Crippen LogP contribution in [0.1, 0.15) is 13.8 Å². The van der Waals surface area contributed by atoms with Crippen LogP contribution in [0.5, 0.6) is 0 Å². The fraction of sp³-hybridized carbons (Fsp3) is 0.500. The minimum absolute atomic E-state index is 0. The molecule has 0 rings (SSSR count). The van der Waals surface area contributed by atoms with E-state index in [0.717, 1.165) is 6.92 Å². The van der Waals surface area contributed by atoms with Crippen LogP contribution in [0.15, 0.2) is 0 Å². The van der Waals surface area contributed by atoms with Gasteiger partial charge in [0, 0.05) is 0 Å². The molecule has 5 heteroatoms. The second-order valence-corrected chi connectivity index (χ2v) is 1.40. The average molecular weight is 186 g/mol. The van der Waals surface area contributed by atoms with Gasteiger partial charge in [-0.05, 0) is 6.92 Å². The number of hydrogen-bond acceptors (Lipinski definition) is 2. The van der Waals surface area contributed by atoms with Gasteiger partial charge in [-0.3, -0.25) is 9.59 Å². The molecule has 0 heterocycles. The second-order valence-electron chi connectivity index (χ2n) is 1.40. The molecule has 2 N–H and O–H groups in total. The Bertz CT molecular complexity index is 110. The van der Waals surface area contributed by atoms with Crippen LogP contribution >= 0.6 is 0 Å². The third kappa shape index (κ3) is 10.6. The van der Waals surface area contributed by atoms with Crippen LogP contribution in [0.3, 0.4) is 0 Å².